The van der Waals surface area contributed by atoms with Crippen molar-refractivity contribution in [3.63, 3.8) is 0 Å². The lowest BCUT2D eigenvalue weighted by Gasteiger charge is -2.01. The molecule has 1 heterocycles. The molecule has 0 bridgehead atoms. The van der Waals surface area contributed by atoms with Crippen LogP contribution in [0.3, 0.4) is 0 Å². The van der Waals surface area contributed by atoms with Crippen LogP contribution in [0.4, 0.5) is 0 Å². The first-order valence-corrected chi connectivity index (χ1v) is 6.75. The molecule has 3 aromatic rings. The fraction of sp³-hybridized carbons (Fsp3) is 0.0625. The van der Waals surface area contributed by atoms with Crippen molar-refractivity contribution < 1.29 is 10.2 Å². The monoisotopic (exact) mass is 300 g/mol. The normalized spacial score (nSPS) is 10.8. The van der Waals surface area contributed by atoms with Gasteiger partial charge >= 0.3 is 0 Å². The number of halogens is 1. The number of phenolic OH excluding ortho intramolecular Hbond substituents is 2. The van der Waals surface area contributed by atoms with E-state index >= 15 is 0 Å². The van der Waals surface area contributed by atoms with E-state index in [1.807, 2.05) is 25.2 Å². The largest absolute Gasteiger partial charge is 0.508 e. The average Bonchev–Trinajstić information content (AvgIpc) is 2.81. The summed E-state index contributed by atoms with van der Waals surface area (Å²) in [6.45, 7) is 0. The fourth-order valence-corrected chi connectivity index (χ4v) is 2.48. The van der Waals surface area contributed by atoms with Crippen LogP contribution in [0.25, 0.3) is 22.5 Å². The summed E-state index contributed by atoms with van der Waals surface area (Å²) < 4.78 is 1.75. The highest BCUT2D eigenvalue weighted by Crippen LogP contribution is 2.32. The molecule has 1 aromatic heterocycles. The molecule has 2 aromatic carbocycles. The van der Waals surface area contributed by atoms with Crippen molar-refractivity contribution in [3.8, 4) is 34.0 Å². The first-order valence-electron chi connectivity index (χ1n) is 6.37. The molecular weight excluding hydrogens is 288 g/mol. The highest BCUT2D eigenvalue weighted by Gasteiger charge is 2.12. The van der Waals surface area contributed by atoms with Gasteiger partial charge < -0.3 is 10.2 Å². The molecule has 5 heteroatoms. The molecule has 106 valence electrons. The van der Waals surface area contributed by atoms with E-state index in [1.165, 1.54) is 6.07 Å². The predicted octanol–water partition coefficient (Wildman–Crippen LogP) is 3.82. The van der Waals surface area contributed by atoms with Crippen LogP contribution in [0.5, 0.6) is 11.5 Å². The van der Waals surface area contributed by atoms with Crippen molar-refractivity contribution in [3.05, 3.63) is 53.6 Å². The van der Waals surface area contributed by atoms with E-state index in [0.29, 0.717) is 5.02 Å². The smallest absolute Gasteiger partial charge is 0.117 e. The maximum Gasteiger partial charge on any atom is 0.117 e. The lowest BCUT2D eigenvalue weighted by atomic mass is 10.1. The van der Waals surface area contributed by atoms with Crippen LogP contribution in [0, 0.1) is 0 Å². The number of hydrogen-bond acceptors (Lipinski definition) is 3. The van der Waals surface area contributed by atoms with Gasteiger partial charge in [0.25, 0.3) is 0 Å². The van der Waals surface area contributed by atoms with Gasteiger partial charge in [-0.1, -0.05) is 11.6 Å². The Hall–Kier alpha value is -2.46. The van der Waals surface area contributed by atoms with Crippen LogP contribution >= 0.6 is 11.6 Å². The van der Waals surface area contributed by atoms with Gasteiger partial charge in [0.05, 0.1) is 16.4 Å². The number of aryl methyl sites for hydroxylation is 1. The predicted molar refractivity (Wildman–Crippen MR) is 82.4 cm³/mol. The van der Waals surface area contributed by atoms with Crippen molar-refractivity contribution in [1.29, 1.82) is 0 Å². The maximum atomic E-state index is 9.41. The van der Waals surface area contributed by atoms with Crippen molar-refractivity contribution >= 4 is 11.6 Å². The van der Waals surface area contributed by atoms with Crippen molar-refractivity contribution in [2.45, 2.75) is 0 Å². The quantitative estimate of drug-likeness (QED) is 0.756. The van der Waals surface area contributed by atoms with Gasteiger partial charge in [0.1, 0.15) is 11.5 Å². The highest BCUT2D eigenvalue weighted by atomic mass is 35.5. The molecule has 21 heavy (non-hydrogen) atoms. The van der Waals surface area contributed by atoms with Crippen molar-refractivity contribution in [2.75, 3.05) is 0 Å². The average molecular weight is 301 g/mol. The molecule has 0 amide bonds. The van der Waals surface area contributed by atoms with Crippen LogP contribution in [-0.2, 0) is 7.05 Å². The molecule has 0 aliphatic heterocycles. The van der Waals surface area contributed by atoms with E-state index in [2.05, 4.69) is 5.10 Å². The summed E-state index contributed by atoms with van der Waals surface area (Å²) in [6.07, 6.45) is 0. The summed E-state index contributed by atoms with van der Waals surface area (Å²) in [4.78, 5) is 0. The van der Waals surface area contributed by atoms with Gasteiger partial charge in [0.2, 0.25) is 0 Å². The van der Waals surface area contributed by atoms with E-state index in [0.717, 1.165) is 22.5 Å². The molecule has 0 spiro atoms. The van der Waals surface area contributed by atoms with E-state index in [4.69, 9.17) is 11.6 Å². The number of aromatic nitrogens is 2. The Morgan fingerprint density at radius 2 is 1.62 bits per heavy atom. The lowest BCUT2D eigenvalue weighted by molar-refractivity contribution is 0.475. The Labute approximate surface area is 126 Å². The Balaban J connectivity index is 2.07. The van der Waals surface area contributed by atoms with E-state index in [9.17, 15) is 10.2 Å². The molecule has 0 aliphatic carbocycles. The molecule has 3 rings (SSSR count). The number of hydrogen-bond donors (Lipinski definition) is 2. The van der Waals surface area contributed by atoms with Crippen LogP contribution < -0.4 is 0 Å². The van der Waals surface area contributed by atoms with Crippen LogP contribution in [-0.4, -0.2) is 20.0 Å². The summed E-state index contributed by atoms with van der Waals surface area (Å²) in [5.74, 6) is 0.348. The van der Waals surface area contributed by atoms with Gasteiger partial charge in [-0.2, -0.15) is 5.10 Å². The molecule has 0 unspecified atom stereocenters. The van der Waals surface area contributed by atoms with Crippen molar-refractivity contribution in [2.24, 2.45) is 7.05 Å². The molecule has 0 radical (unpaired) electrons. The minimum Gasteiger partial charge on any atom is -0.508 e. The lowest BCUT2D eigenvalue weighted by Crippen LogP contribution is -1.93. The van der Waals surface area contributed by atoms with Gasteiger partial charge in [-0.15, -0.1) is 0 Å². The van der Waals surface area contributed by atoms with Gasteiger partial charge in [-0.3, -0.25) is 4.68 Å². The van der Waals surface area contributed by atoms with Gasteiger partial charge in [0.15, 0.2) is 0 Å². The Morgan fingerprint density at radius 3 is 2.29 bits per heavy atom. The second-order valence-electron chi connectivity index (χ2n) is 4.75. The van der Waals surface area contributed by atoms with Crippen LogP contribution in [0.15, 0.2) is 48.5 Å². The Morgan fingerprint density at radius 1 is 0.952 bits per heavy atom. The minimum absolute atomic E-state index is 0.124. The fourth-order valence-electron chi connectivity index (χ4n) is 2.21. The standard InChI is InChI=1S/C16H13ClN2O2/c1-19-16(10-2-4-11(20)5-3-10)9-15(18-19)13-7-6-12(21)8-14(13)17/h2-9,20-21H,1H3. The Bertz CT molecular complexity index is 795. The first-order chi connectivity index (χ1) is 10.0. The van der Waals surface area contributed by atoms with Crippen LogP contribution in [0.1, 0.15) is 0 Å². The molecule has 4 nitrogen and oxygen atoms in total. The SMILES string of the molecule is Cn1nc(-c2ccc(O)cc2Cl)cc1-c1ccc(O)cc1. The number of benzene rings is 2. The van der Waals surface area contributed by atoms with Gasteiger partial charge in [-0.05, 0) is 48.5 Å². The molecular formula is C16H13ClN2O2. The number of rotatable bonds is 2. The zero-order chi connectivity index (χ0) is 15.0. The molecule has 0 atom stereocenters. The summed E-state index contributed by atoms with van der Waals surface area (Å²) in [5, 5.41) is 23.7. The summed E-state index contributed by atoms with van der Waals surface area (Å²) >= 11 is 6.15. The second-order valence-corrected chi connectivity index (χ2v) is 5.16. The molecule has 0 saturated carbocycles. The zero-order valence-electron chi connectivity index (χ0n) is 11.3. The number of aromatic hydroxyl groups is 2. The summed E-state index contributed by atoms with van der Waals surface area (Å²) in [7, 11) is 1.85. The molecule has 0 saturated heterocycles. The van der Waals surface area contributed by atoms with Crippen LogP contribution in [0.2, 0.25) is 5.02 Å². The highest BCUT2D eigenvalue weighted by molar-refractivity contribution is 6.33. The zero-order valence-corrected chi connectivity index (χ0v) is 12.0. The van der Waals surface area contributed by atoms with Gasteiger partial charge in [0, 0.05) is 18.2 Å². The number of nitrogens with zero attached hydrogens (tertiary/aromatic N) is 2. The van der Waals surface area contributed by atoms with E-state index in [-0.39, 0.29) is 11.5 Å². The summed E-state index contributed by atoms with van der Waals surface area (Å²) in [5.41, 5.74) is 3.35. The molecule has 2 N–H and O–H groups in total. The first kappa shape index (κ1) is 13.5. The minimum atomic E-state index is 0.124. The third-order valence-corrected chi connectivity index (χ3v) is 3.58. The topological polar surface area (TPSA) is 58.3 Å². The third kappa shape index (κ3) is 2.58. The van der Waals surface area contributed by atoms with Gasteiger partial charge in [-0.25, -0.2) is 0 Å². The van der Waals surface area contributed by atoms with Crippen molar-refractivity contribution in [1.82, 2.24) is 9.78 Å². The third-order valence-electron chi connectivity index (χ3n) is 3.27. The molecule has 0 fully saturated rings. The van der Waals surface area contributed by atoms with E-state index < -0.39 is 0 Å². The molecule has 0 aliphatic rings. The second kappa shape index (κ2) is 5.14. The Kier molecular flexibility index (Phi) is 3.31. The van der Waals surface area contributed by atoms with E-state index in [1.54, 1.807) is 28.9 Å². The maximum absolute atomic E-state index is 9.41. The summed E-state index contributed by atoms with van der Waals surface area (Å²) in [6, 6.07) is 13.7. The number of phenols is 2.